The van der Waals surface area contributed by atoms with Gasteiger partial charge in [-0.1, -0.05) is 18.0 Å². The third kappa shape index (κ3) is 4.04. The van der Waals surface area contributed by atoms with E-state index in [-0.39, 0.29) is 31.5 Å². The van der Waals surface area contributed by atoms with Gasteiger partial charge in [0.15, 0.2) is 5.82 Å². The Kier molecular flexibility index (Phi) is 5.19. The molecule has 0 radical (unpaired) electrons. The first-order valence-electron chi connectivity index (χ1n) is 10.9. The monoisotopic (exact) mass is 450 g/mol. The molecule has 0 saturated heterocycles. The van der Waals surface area contributed by atoms with E-state index in [0.29, 0.717) is 45.8 Å². The first-order valence-corrected chi connectivity index (χ1v) is 11.7. The van der Waals surface area contributed by atoms with Crippen LogP contribution in [0.25, 0.3) is 11.5 Å². The van der Waals surface area contributed by atoms with Gasteiger partial charge in [0, 0.05) is 40.9 Å². The van der Waals surface area contributed by atoms with Crippen LogP contribution in [0.5, 0.6) is 0 Å². The number of alkyl halides is 2. The third-order valence-electron chi connectivity index (χ3n) is 6.75. The molecule has 166 valence electrons. The molecule has 0 amide bonds. The van der Waals surface area contributed by atoms with Crippen molar-refractivity contribution in [3.05, 3.63) is 21.1 Å². The van der Waals surface area contributed by atoms with E-state index in [0.717, 1.165) is 31.2 Å². The van der Waals surface area contributed by atoms with Crippen LogP contribution >= 0.6 is 11.3 Å². The number of hydrogen-bond acceptors (Lipinski definition) is 6. The van der Waals surface area contributed by atoms with Gasteiger partial charge >= 0.3 is 5.97 Å². The average Bonchev–Trinajstić information content (AvgIpc) is 3.36. The van der Waals surface area contributed by atoms with Gasteiger partial charge in [-0.15, -0.1) is 11.3 Å². The number of rotatable bonds is 6. The number of carbonyl (C=O) groups is 2. The Morgan fingerprint density at radius 3 is 2.61 bits per heavy atom. The van der Waals surface area contributed by atoms with Crippen molar-refractivity contribution in [3.63, 3.8) is 0 Å². The summed E-state index contributed by atoms with van der Waals surface area (Å²) >= 11 is 1.22. The Morgan fingerprint density at radius 1 is 1.16 bits per heavy atom. The molecule has 2 saturated carbocycles. The van der Waals surface area contributed by atoms with Crippen molar-refractivity contribution in [2.24, 2.45) is 11.8 Å². The Balaban J connectivity index is 1.49. The van der Waals surface area contributed by atoms with Crippen molar-refractivity contribution in [1.82, 2.24) is 10.1 Å². The fourth-order valence-electron chi connectivity index (χ4n) is 4.93. The SMILES string of the molecule is O=C(O)[C@H]1CCCC[C@@H]1C(=O)Cc1sc2c(c1-c1nc(C3CC3)no1)CCC(F)(F)C2. The van der Waals surface area contributed by atoms with E-state index in [1.807, 2.05) is 0 Å². The Bertz CT molecular complexity index is 1030. The average molecular weight is 451 g/mol. The van der Waals surface area contributed by atoms with Crippen molar-refractivity contribution >= 4 is 23.1 Å². The Morgan fingerprint density at radius 2 is 1.90 bits per heavy atom. The van der Waals surface area contributed by atoms with Crippen molar-refractivity contribution in [2.45, 2.75) is 76.0 Å². The van der Waals surface area contributed by atoms with Gasteiger partial charge in [-0.05, 0) is 37.7 Å². The molecule has 3 aliphatic carbocycles. The summed E-state index contributed by atoms with van der Waals surface area (Å²) in [6.45, 7) is 0. The Hall–Kier alpha value is -2.16. The van der Waals surface area contributed by atoms with E-state index in [1.54, 1.807) is 0 Å². The Labute approximate surface area is 182 Å². The molecule has 2 atom stereocenters. The van der Waals surface area contributed by atoms with Gasteiger partial charge in [0.1, 0.15) is 5.78 Å². The molecule has 1 N–H and O–H groups in total. The van der Waals surface area contributed by atoms with Crippen molar-refractivity contribution in [3.8, 4) is 11.5 Å². The minimum absolute atomic E-state index is 0.0220. The maximum Gasteiger partial charge on any atom is 0.307 e. The highest BCUT2D eigenvalue weighted by molar-refractivity contribution is 7.12. The highest BCUT2D eigenvalue weighted by atomic mass is 32.1. The molecule has 0 bridgehead atoms. The number of fused-ring (bicyclic) bond motifs is 1. The molecule has 31 heavy (non-hydrogen) atoms. The lowest BCUT2D eigenvalue weighted by Gasteiger charge is -2.27. The second-order valence-electron chi connectivity index (χ2n) is 9.05. The normalized spacial score (nSPS) is 25.2. The van der Waals surface area contributed by atoms with Crippen LogP contribution in [0.4, 0.5) is 8.78 Å². The predicted molar refractivity (Wildman–Crippen MR) is 108 cm³/mol. The zero-order valence-corrected chi connectivity index (χ0v) is 17.9. The first-order chi connectivity index (χ1) is 14.8. The van der Waals surface area contributed by atoms with Crippen molar-refractivity contribution in [2.75, 3.05) is 0 Å². The van der Waals surface area contributed by atoms with Crippen molar-refractivity contribution in [1.29, 1.82) is 0 Å². The third-order valence-corrected chi connectivity index (χ3v) is 7.99. The van der Waals surface area contributed by atoms with Crippen LogP contribution in [-0.2, 0) is 28.9 Å². The molecule has 6 nitrogen and oxygen atoms in total. The number of aliphatic carboxylic acids is 1. The highest BCUT2D eigenvalue weighted by Gasteiger charge is 2.40. The summed E-state index contributed by atoms with van der Waals surface area (Å²) in [7, 11) is 0. The predicted octanol–water partition coefficient (Wildman–Crippen LogP) is 4.80. The fraction of sp³-hybridized carbons (Fsp3) is 0.636. The maximum atomic E-state index is 14.1. The molecule has 0 aliphatic heterocycles. The molecule has 0 spiro atoms. The molecule has 5 rings (SSSR count). The second kappa shape index (κ2) is 7.76. The topological polar surface area (TPSA) is 93.3 Å². The van der Waals surface area contributed by atoms with Crippen LogP contribution in [0, 0.1) is 11.8 Å². The number of thiophene rings is 1. The summed E-state index contributed by atoms with van der Waals surface area (Å²) in [5.74, 6) is -3.83. The minimum atomic E-state index is -2.76. The van der Waals surface area contributed by atoms with E-state index >= 15 is 0 Å². The van der Waals surface area contributed by atoms with Crippen LogP contribution in [0.3, 0.4) is 0 Å². The maximum absolute atomic E-state index is 14.1. The molecule has 0 unspecified atom stereocenters. The van der Waals surface area contributed by atoms with E-state index in [4.69, 9.17) is 4.52 Å². The second-order valence-corrected chi connectivity index (χ2v) is 10.2. The molecule has 3 aliphatic rings. The molecule has 9 heteroatoms. The lowest BCUT2D eigenvalue weighted by atomic mass is 9.76. The quantitative estimate of drug-likeness (QED) is 0.679. The number of carboxylic acids is 1. The fourth-order valence-corrected chi connectivity index (χ4v) is 6.36. The number of Topliss-reactive ketones (excluding diaryl/α,β-unsaturated/α-hetero) is 1. The zero-order chi connectivity index (χ0) is 21.8. The molecule has 2 fully saturated rings. The summed E-state index contributed by atoms with van der Waals surface area (Å²) in [6.07, 6.45) is 4.34. The number of carbonyl (C=O) groups excluding carboxylic acids is 1. The zero-order valence-electron chi connectivity index (χ0n) is 17.0. The molecule has 0 aromatic carbocycles. The van der Waals surface area contributed by atoms with Gasteiger partial charge in [-0.2, -0.15) is 4.98 Å². The van der Waals surface area contributed by atoms with Gasteiger partial charge in [0.2, 0.25) is 0 Å². The van der Waals surface area contributed by atoms with Gasteiger partial charge in [0.05, 0.1) is 11.5 Å². The highest BCUT2D eigenvalue weighted by Crippen LogP contribution is 2.46. The number of carboxylic acid groups (broad SMARTS) is 1. The first kappa shape index (κ1) is 20.7. The van der Waals surface area contributed by atoms with Crippen LogP contribution in [0.1, 0.15) is 72.0 Å². The van der Waals surface area contributed by atoms with Crippen LogP contribution < -0.4 is 0 Å². The molecule has 2 aromatic heterocycles. The lowest BCUT2D eigenvalue weighted by molar-refractivity contribution is -0.148. The molecule has 2 aromatic rings. The van der Waals surface area contributed by atoms with Gasteiger partial charge in [0.25, 0.3) is 11.8 Å². The number of nitrogens with zero attached hydrogens (tertiary/aromatic N) is 2. The molecular formula is C22H24F2N2O4S. The van der Waals surface area contributed by atoms with E-state index < -0.39 is 23.7 Å². The van der Waals surface area contributed by atoms with Crippen molar-refractivity contribution < 1.29 is 28.0 Å². The number of hydrogen-bond donors (Lipinski definition) is 1. The van der Waals surface area contributed by atoms with Crippen LogP contribution in [0.2, 0.25) is 0 Å². The van der Waals surface area contributed by atoms with E-state index in [2.05, 4.69) is 10.1 Å². The molecular weight excluding hydrogens is 426 g/mol. The number of aromatic nitrogens is 2. The largest absolute Gasteiger partial charge is 0.481 e. The summed E-state index contributed by atoms with van der Waals surface area (Å²) in [4.78, 5) is 30.5. The van der Waals surface area contributed by atoms with Crippen LogP contribution in [-0.4, -0.2) is 32.9 Å². The lowest BCUT2D eigenvalue weighted by Crippen LogP contribution is -2.33. The number of halogens is 2. The standard InChI is InChI=1S/C22H24F2N2O4S/c23-22(24)8-7-14-17(10-22)31-16(18(14)20-25-19(26-30-20)11-5-6-11)9-15(27)12-3-1-2-4-13(12)21(28)29/h11-13H,1-10H2,(H,28,29)/t12-,13-/m0/s1. The van der Waals surface area contributed by atoms with Gasteiger partial charge in [-0.25, -0.2) is 8.78 Å². The van der Waals surface area contributed by atoms with Gasteiger partial charge in [-0.3, -0.25) is 9.59 Å². The minimum Gasteiger partial charge on any atom is -0.481 e. The van der Waals surface area contributed by atoms with E-state index in [9.17, 15) is 23.5 Å². The summed E-state index contributed by atoms with van der Waals surface area (Å²) in [6, 6.07) is 0. The molecule has 2 heterocycles. The summed E-state index contributed by atoms with van der Waals surface area (Å²) in [5.41, 5.74) is 1.41. The van der Waals surface area contributed by atoms with Gasteiger partial charge < -0.3 is 9.63 Å². The van der Waals surface area contributed by atoms with E-state index in [1.165, 1.54) is 11.3 Å². The van der Waals surface area contributed by atoms with Crippen LogP contribution in [0.15, 0.2) is 4.52 Å². The smallest absolute Gasteiger partial charge is 0.307 e. The summed E-state index contributed by atoms with van der Waals surface area (Å²) in [5, 5.41) is 13.6. The number of ketones is 1. The summed E-state index contributed by atoms with van der Waals surface area (Å²) < 4.78 is 33.6.